The third-order valence-corrected chi connectivity index (χ3v) is 4.17. The van der Waals surface area contributed by atoms with Crippen molar-refractivity contribution in [1.29, 1.82) is 0 Å². The molecule has 3 atom stereocenters. The zero-order valence-electron chi connectivity index (χ0n) is 9.95. The van der Waals surface area contributed by atoms with E-state index in [0.29, 0.717) is 18.1 Å². The van der Waals surface area contributed by atoms with Gasteiger partial charge in [-0.05, 0) is 31.6 Å². The van der Waals surface area contributed by atoms with Gasteiger partial charge in [0.2, 0.25) is 0 Å². The van der Waals surface area contributed by atoms with Crippen molar-refractivity contribution in [1.82, 2.24) is 0 Å². The largest absolute Gasteiger partial charge is 0.378 e. The minimum absolute atomic E-state index is 0.387. The molecule has 2 fully saturated rings. The van der Waals surface area contributed by atoms with Crippen LogP contribution in [0.25, 0.3) is 0 Å². The van der Waals surface area contributed by atoms with Crippen molar-refractivity contribution in [3.05, 3.63) is 0 Å². The number of hydrogen-bond acceptors (Lipinski definition) is 2. The van der Waals surface area contributed by atoms with Crippen LogP contribution in [0.15, 0.2) is 0 Å². The van der Waals surface area contributed by atoms with Crippen LogP contribution in [0.3, 0.4) is 0 Å². The van der Waals surface area contributed by atoms with Gasteiger partial charge in [-0.2, -0.15) is 0 Å². The molecule has 2 nitrogen and oxygen atoms in total. The van der Waals surface area contributed by atoms with E-state index >= 15 is 0 Å². The lowest BCUT2D eigenvalue weighted by atomic mass is 9.81. The summed E-state index contributed by atoms with van der Waals surface area (Å²) in [6.45, 7) is 3.06. The van der Waals surface area contributed by atoms with E-state index < -0.39 is 0 Å². The molecule has 0 amide bonds. The summed E-state index contributed by atoms with van der Waals surface area (Å²) in [4.78, 5) is 0. The topological polar surface area (TPSA) is 35.2 Å². The molecule has 88 valence electrons. The molecule has 3 unspecified atom stereocenters. The van der Waals surface area contributed by atoms with Crippen molar-refractivity contribution in [2.45, 2.75) is 64.0 Å². The summed E-state index contributed by atoms with van der Waals surface area (Å²) in [5.41, 5.74) is 6.29. The molecule has 0 radical (unpaired) electrons. The Hall–Kier alpha value is -0.0800. The number of nitrogens with two attached hydrogens (primary N) is 1. The van der Waals surface area contributed by atoms with E-state index in [1.54, 1.807) is 0 Å². The standard InChI is InChI=1S/C13H25NO/c1-10-7-12(9-15-10)13(14)8-11-5-3-2-4-6-11/h10-13H,2-9,14H2,1H3. The molecule has 0 aromatic rings. The van der Waals surface area contributed by atoms with E-state index in [2.05, 4.69) is 6.92 Å². The Bertz CT molecular complexity index is 189. The minimum Gasteiger partial charge on any atom is -0.378 e. The van der Waals surface area contributed by atoms with Gasteiger partial charge in [0.1, 0.15) is 0 Å². The van der Waals surface area contributed by atoms with Gasteiger partial charge in [-0.25, -0.2) is 0 Å². The second-order valence-electron chi connectivity index (χ2n) is 5.54. The van der Waals surface area contributed by atoms with Gasteiger partial charge in [0, 0.05) is 6.04 Å². The van der Waals surface area contributed by atoms with Crippen molar-refractivity contribution in [2.75, 3.05) is 6.61 Å². The SMILES string of the molecule is CC1CC(C(N)CC2CCCCC2)CO1. The molecule has 1 aliphatic carbocycles. The third kappa shape index (κ3) is 3.18. The van der Waals surface area contributed by atoms with E-state index in [-0.39, 0.29) is 0 Å². The predicted octanol–water partition coefficient (Wildman–Crippen LogP) is 2.71. The Morgan fingerprint density at radius 1 is 1.27 bits per heavy atom. The van der Waals surface area contributed by atoms with Crippen LogP contribution in [0, 0.1) is 11.8 Å². The van der Waals surface area contributed by atoms with Crippen molar-refractivity contribution in [3.63, 3.8) is 0 Å². The van der Waals surface area contributed by atoms with Crippen LogP contribution in [0.5, 0.6) is 0 Å². The fourth-order valence-electron chi connectivity index (χ4n) is 3.15. The summed E-state index contributed by atoms with van der Waals surface area (Å²) in [5, 5.41) is 0. The average Bonchev–Trinajstić information content (AvgIpc) is 2.66. The Labute approximate surface area is 93.6 Å². The highest BCUT2D eigenvalue weighted by molar-refractivity contribution is 4.82. The van der Waals surface area contributed by atoms with Crippen molar-refractivity contribution in [2.24, 2.45) is 17.6 Å². The second kappa shape index (κ2) is 5.31. The fourth-order valence-corrected chi connectivity index (χ4v) is 3.15. The molecule has 2 rings (SSSR count). The maximum Gasteiger partial charge on any atom is 0.0551 e. The highest BCUT2D eigenvalue weighted by Gasteiger charge is 2.29. The maximum atomic E-state index is 6.29. The Kier molecular flexibility index (Phi) is 4.04. The van der Waals surface area contributed by atoms with Gasteiger partial charge >= 0.3 is 0 Å². The summed E-state index contributed by atoms with van der Waals surface area (Å²) < 4.78 is 5.60. The molecular formula is C13H25NO. The molecular weight excluding hydrogens is 186 g/mol. The van der Waals surface area contributed by atoms with Gasteiger partial charge < -0.3 is 10.5 Å². The van der Waals surface area contributed by atoms with Crippen molar-refractivity contribution >= 4 is 0 Å². The zero-order valence-corrected chi connectivity index (χ0v) is 9.95. The van der Waals surface area contributed by atoms with Crippen LogP contribution in [0.4, 0.5) is 0 Å². The Balaban J connectivity index is 1.73. The minimum atomic E-state index is 0.387. The van der Waals surface area contributed by atoms with Crippen LogP contribution in [0.2, 0.25) is 0 Å². The summed E-state index contributed by atoms with van der Waals surface area (Å²) in [6, 6.07) is 0.387. The summed E-state index contributed by atoms with van der Waals surface area (Å²) >= 11 is 0. The Morgan fingerprint density at radius 3 is 2.60 bits per heavy atom. The van der Waals surface area contributed by atoms with Crippen molar-refractivity contribution in [3.8, 4) is 0 Å². The molecule has 0 aromatic heterocycles. The first-order valence-corrected chi connectivity index (χ1v) is 6.63. The van der Waals surface area contributed by atoms with Gasteiger partial charge in [0.25, 0.3) is 0 Å². The van der Waals surface area contributed by atoms with Crippen molar-refractivity contribution < 1.29 is 4.74 Å². The second-order valence-corrected chi connectivity index (χ2v) is 5.54. The number of hydrogen-bond donors (Lipinski definition) is 1. The van der Waals surface area contributed by atoms with Gasteiger partial charge in [0.15, 0.2) is 0 Å². The molecule has 1 aliphatic heterocycles. The smallest absolute Gasteiger partial charge is 0.0551 e. The molecule has 2 aliphatic rings. The molecule has 15 heavy (non-hydrogen) atoms. The van der Waals surface area contributed by atoms with Crippen LogP contribution in [-0.4, -0.2) is 18.8 Å². The molecule has 0 aromatic carbocycles. The van der Waals surface area contributed by atoms with Gasteiger partial charge in [-0.3, -0.25) is 0 Å². The van der Waals surface area contributed by atoms with Gasteiger partial charge in [-0.15, -0.1) is 0 Å². The normalized spacial score (nSPS) is 35.6. The maximum absolute atomic E-state index is 6.29. The van der Waals surface area contributed by atoms with Crippen LogP contribution in [0.1, 0.15) is 51.9 Å². The summed E-state index contributed by atoms with van der Waals surface area (Å²) in [6.07, 6.45) is 9.97. The van der Waals surface area contributed by atoms with Crippen LogP contribution in [-0.2, 0) is 4.74 Å². The van der Waals surface area contributed by atoms with E-state index in [1.165, 1.54) is 44.9 Å². The number of ether oxygens (including phenoxy) is 1. The summed E-state index contributed by atoms with van der Waals surface area (Å²) in [7, 11) is 0. The summed E-state index contributed by atoms with van der Waals surface area (Å²) in [5.74, 6) is 1.53. The van der Waals surface area contributed by atoms with Gasteiger partial charge in [0.05, 0.1) is 12.7 Å². The first kappa shape index (κ1) is 11.4. The lowest BCUT2D eigenvalue weighted by molar-refractivity contribution is 0.117. The third-order valence-electron chi connectivity index (χ3n) is 4.17. The monoisotopic (exact) mass is 211 g/mol. The van der Waals surface area contributed by atoms with Crippen LogP contribution >= 0.6 is 0 Å². The lowest BCUT2D eigenvalue weighted by Crippen LogP contribution is -2.33. The molecule has 1 saturated heterocycles. The fraction of sp³-hybridized carbons (Fsp3) is 1.00. The average molecular weight is 211 g/mol. The quantitative estimate of drug-likeness (QED) is 0.779. The first-order chi connectivity index (χ1) is 7.25. The highest BCUT2D eigenvalue weighted by Crippen LogP contribution is 2.31. The molecule has 2 N–H and O–H groups in total. The van der Waals surface area contributed by atoms with E-state index in [1.807, 2.05) is 0 Å². The highest BCUT2D eigenvalue weighted by atomic mass is 16.5. The van der Waals surface area contributed by atoms with Gasteiger partial charge in [-0.1, -0.05) is 32.1 Å². The van der Waals surface area contributed by atoms with E-state index in [4.69, 9.17) is 10.5 Å². The molecule has 1 saturated carbocycles. The molecule has 0 bridgehead atoms. The molecule has 2 heteroatoms. The molecule has 0 spiro atoms. The first-order valence-electron chi connectivity index (χ1n) is 6.63. The van der Waals surface area contributed by atoms with Crippen LogP contribution < -0.4 is 5.73 Å². The zero-order chi connectivity index (χ0) is 10.7. The van der Waals surface area contributed by atoms with E-state index in [9.17, 15) is 0 Å². The molecule has 1 heterocycles. The Morgan fingerprint density at radius 2 is 2.00 bits per heavy atom. The predicted molar refractivity (Wildman–Crippen MR) is 62.7 cm³/mol. The number of rotatable bonds is 3. The van der Waals surface area contributed by atoms with E-state index in [0.717, 1.165) is 12.5 Å². The lowest BCUT2D eigenvalue weighted by Gasteiger charge is -2.27.